The van der Waals surface area contributed by atoms with E-state index in [1.54, 1.807) is 30.1 Å². The summed E-state index contributed by atoms with van der Waals surface area (Å²) in [5.74, 6) is 0.116. The lowest BCUT2D eigenvalue weighted by atomic mass is 10.1. The molecule has 0 aliphatic carbocycles. The molecule has 25 heavy (non-hydrogen) atoms. The minimum absolute atomic E-state index is 0.0941. The minimum Gasteiger partial charge on any atom is -0.379 e. The average Bonchev–Trinajstić information content (AvgIpc) is 3.05. The molecular formula is C15H18N4O4S2. The highest BCUT2D eigenvalue weighted by Gasteiger charge is 2.26. The van der Waals surface area contributed by atoms with E-state index in [4.69, 9.17) is 4.74 Å². The monoisotopic (exact) mass is 382 g/mol. The highest BCUT2D eigenvalue weighted by molar-refractivity contribution is 7.99. The number of sulfonamides is 1. The normalized spacial score (nSPS) is 16.0. The first-order valence-corrected chi connectivity index (χ1v) is 10.1. The summed E-state index contributed by atoms with van der Waals surface area (Å²) in [5.41, 5.74) is 0.468. The summed E-state index contributed by atoms with van der Waals surface area (Å²) < 4.78 is 33.4. The van der Waals surface area contributed by atoms with Crippen molar-refractivity contribution in [3.63, 3.8) is 0 Å². The molecule has 1 saturated heterocycles. The molecule has 0 N–H and O–H groups in total. The molecule has 8 nitrogen and oxygen atoms in total. The van der Waals surface area contributed by atoms with Crippen LogP contribution in [0.4, 0.5) is 0 Å². The molecule has 1 aliphatic heterocycles. The van der Waals surface area contributed by atoms with E-state index in [-0.39, 0.29) is 16.4 Å². The number of hydrogen-bond acceptors (Lipinski definition) is 7. The number of carbonyl (C=O) groups is 1. The van der Waals surface area contributed by atoms with Gasteiger partial charge in [0.25, 0.3) is 0 Å². The Hall–Kier alpha value is -1.75. The predicted octanol–water partition coefficient (Wildman–Crippen LogP) is 0.811. The first-order valence-electron chi connectivity index (χ1n) is 7.66. The quantitative estimate of drug-likeness (QED) is 0.539. The molecule has 0 radical (unpaired) electrons. The SMILES string of the molecule is Cn1cnnc1SCC(=O)c1ccc(S(=O)(=O)N2CCOCC2)cc1. The molecule has 0 atom stereocenters. The van der Waals surface area contributed by atoms with Gasteiger partial charge < -0.3 is 9.30 Å². The number of morpholine rings is 1. The van der Waals surface area contributed by atoms with Crippen molar-refractivity contribution in [2.45, 2.75) is 10.1 Å². The minimum atomic E-state index is -3.54. The molecule has 2 aromatic rings. The second kappa shape index (κ2) is 7.65. The topological polar surface area (TPSA) is 94.4 Å². The van der Waals surface area contributed by atoms with Crippen LogP contribution in [0, 0.1) is 0 Å². The third-order valence-electron chi connectivity index (χ3n) is 3.79. The average molecular weight is 382 g/mol. The van der Waals surface area contributed by atoms with Gasteiger partial charge in [0.1, 0.15) is 6.33 Å². The van der Waals surface area contributed by atoms with Gasteiger partial charge in [0.15, 0.2) is 10.9 Å². The fourth-order valence-corrected chi connectivity index (χ4v) is 4.56. The number of ether oxygens (including phenoxy) is 1. The number of aryl methyl sites for hydroxylation is 1. The van der Waals surface area contributed by atoms with Gasteiger partial charge >= 0.3 is 0 Å². The summed E-state index contributed by atoms with van der Waals surface area (Å²) in [7, 11) is -1.74. The van der Waals surface area contributed by atoms with E-state index in [2.05, 4.69) is 10.2 Å². The van der Waals surface area contributed by atoms with Crippen molar-refractivity contribution in [1.82, 2.24) is 19.1 Å². The van der Waals surface area contributed by atoms with E-state index in [0.717, 1.165) is 0 Å². The van der Waals surface area contributed by atoms with Crippen molar-refractivity contribution in [2.24, 2.45) is 7.05 Å². The molecule has 1 aromatic carbocycles. The smallest absolute Gasteiger partial charge is 0.243 e. The molecule has 0 saturated carbocycles. The molecule has 10 heteroatoms. The summed E-state index contributed by atoms with van der Waals surface area (Å²) in [4.78, 5) is 12.4. The molecule has 3 rings (SSSR count). The molecule has 2 heterocycles. The molecule has 1 fully saturated rings. The summed E-state index contributed by atoms with van der Waals surface area (Å²) in [5, 5.41) is 8.32. The first kappa shape index (κ1) is 18.1. The lowest BCUT2D eigenvalue weighted by molar-refractivity contribution is 0.0730. The maximum Gasteiger partial charge on any atom is 0.243 e. The summed E-state index contributed by atoms with van der Waals surface area (Å²) in [6, 6.07) is 6.05. The molecule has 1 aliphatic rings. The number of carbonyl (C=O) groups excluding carboxylic acids is 1. The van der Waals surface area contributed by atoms with E-state index < -0.39 is 10.0 Å². The van der Waals surface area contributed by atoms with E-state index >= 15 is 0 Å². The molecule has 0 unspecified atom stereocenters. The maximum absolute atomic E-state index is 12.6. The number of Topliss-reactive ketones (excluding diaryl/α,β-unsaturated/α-hetero) is 1. The van der Waals surface area contributed by atoms with Crippen molar-refractivity contribution >= 4 is 27.6 Å². The lowest BCUT2D eigenvalue weighted by Gasteiger charge is -2.26. The van der Waals surface area contributed by atoms with Crippen LogP contribution in [-0.4, -0.2) is 65.3 Å². The number of thioether (sulfide) groups is 1. The Balaban J connectivity index is 1.67. The fourth-order valence-electron chi connectivity index (χ4n) is 2.37. The maximum atomic E-state index is 12.6. The number of rotatable bonds is 6. The van der Waals surface area contributed by atoms with Crippen LogP contribution in [-0.2, 0) is 21.8 Å². The number of nitrogens with zero attached hydrogens (tertiary/aromatic N) is 4. The largest absolute Gasteiger partial charge is 0.379 e. The van der Waals surface area contributed by atoms with Gasteiger partial charge in [0.2, 0.25) is 10.0 Å². The predicted molar refractivity (Wildman–Crippen MR) is 92.1 cm³/mol. The molecule has 1 aromatic heterocycles. The van der Waals surface area contributed by atoms with E-state index in [0.29, 0.717) is 37.0 Å². The van der Waals surface area contributed by atoms with Gasteiger partial charge in [0.05, 0.1) is 23.9 Å². The van der Waals surface area contributed by atoms with E-state index in [1.807, 2.05) is 0 Å². The number of hydrogen-bond donors (Lipinski definition) is 0. The van der Waals surface area contributed by atoms with Crippen LogP contribution in [0.5, 0.6) is 0 Å². The van der Waals surface area contributed by atoms with Crippen molar-refractivity contribution < 1.29 is 17.9 Å². The standard InChI is InChI=1S/C15H18N4O4S2/c1-18-11-16-17-15(18)24-10-14(20)12-2-4-13(5-3-12)25(21,22)19-6-8-23-9-7-19/h2-5,11H,6-10H2,1H3. The third-order valence-corrected chi connectivity index (χ3v) is 6.73. The number of benzene rings is 1. The highest BCUT2D eigenvalue weighted by atomic mass is 32.2. The van der Waals surface area contributed by atoms with Gasteiger partial charge in [-0.05, 0) is 12.1 Å². The van der Waals surface area contributed by atoms with Crippen molar-refractivity contribution in [2.75, 3.05) is 32.1 Å². The fraction of sp³-hybridized carbons (Fsp3) is 0.400. The summed E-state index contributed by atoms with van der Waals surface area (Å²) in [6.07, 6.45) is 1.57. The van der Waals surface area contributed by atoms with Crippen LogP contribution in [0.2, 0.25) is 0 Å². The van der Waals surface area contributed by atoms with Crippen LogP contribution >= 0.6 is 11.8 Å². The Kier molecular flexibility index (Phi) is 5.52. The Bertz CT molecular complexity index is 843. The summed E-state index contributed by atoms with van der Waals surface area (Å²) >= 11 is 1.29. The van der Waals surface area contributed by atoms with Gasteiger partial charge in [0, 0.05) is 25.7 Å². The van der Waals surface area contributed by atoms with Gasteiger partial charge in [-0.25, -0.2) is 8.42 Å². The van der Waals surface area contributed by atoms with Crippen LogP contribution in [0.1, 0.15) is 10.4 Å². The molecule has 0 spiro atoms. The van der Waals surface area contributed by atoms with Crippen LogP contribution < -0.4 is 0 Å². The van der Waals surface area contributed by atoms with Crippen molar-refractivity contribution in [3.05, 3.63) is 36.2 Å². The first-order chi connectivity index (χ1) is 12.0. The zero-order valence-corrected chi connectivity index (χ0v) is 15.3. The second-order valence-corrected chi connectivity index (χ2v) is 8.36. The van der Waals surface area contributed by atoms with Crippen LogP contribution in [0.3, 0.4) is 0 Å². The molecule has 0 amide bonds. The Morgan fingerprint density at radius 2 is 1.92 bits per heavy atom. The van der Waals surface area contributed by atoms with Crippen molar-refractivity contribution in [1.29, 1.82) is 0 Å². The van der Waals surface area contributed by atoms with Crippen LogP contribution in [0.25, 0.3) is 0 Å². The third kappa shape index (κ3) is 4.09. The van der Waals surface area contributed by atoms with Crippen molar-refractivity contribution in [3.8, 4) is 0 Å². The Labute approximate surface area is 150 Å². The number of ketones is 1. The highest BCUT2D eigenvalue weighted by Crippen LogP contribution is 2.20. The van der Waals surface area contributed by atoms with Gasteiger partial charge in [-0.15, -0.1) is 10.2 Å². The zero-order chi connectivity index (χ0) is 17.9. The molecule has 0 bridgehead atoms. The molecular weight excluding hydrogens is 364 g/mol. The zero-order valence-electron chi connectivity index (χ0n) is 13.7. The Morgan fingerprint density at radius 3 is 2.52 bits per heavy atom. The van der Waals surface area contributed by atoms with Gasteiger partial charge in [-0.2, -0.15) is 4.31 Å². The van der Waals surface area contributed by atoms with Gasteiger partial charge in [-0.1, -0.05) is 23.9 Å². The van der Waals surface area contributed by atoms with Gasteiger partial charge in [-0.3, -0.25) is 4.79 Å². The summed E-state index contributed by atoms with van der Waals surface area (Å²) in [6.45, 7) is 1.48. The second-order valence-electron chi connectivity index (χ2n) is 5.48. The lowest BCUT2D eigenvalue weighted by Crippen LogP contribution is -2.40. The Morgan fingerprint density at radius 1 is 1.24 bits per heavy atom. The number of aromatic nitrogens is 3. The molecule has 134 valence electrons. The van der Waals surface area contributed by atoms with E-state index in [9.17, 15) is 13.2 Å². The van der Waals surface area contributed by atoms with Crippen LogP contribution in [0.15, 0.2) is 40.6 Å². The van der Waals surface area contributed by atoms with E-state index in [1.165, 1.54) is 28.2 Å².